The first kappa shape index (κ1) is 11.9. The van der Waals surface area contributed by atoms with Crippen molar-refractivity contribution in [1.82, 2.24) is 10.6 Å². The van der Waals surface area contributed by atoms with Gasteiger partial charge in [-0.2, -0.15) is 0 Å². The van der Waals surface area contributed by atoms with E-state index in [4.69, 9.17) is 10.2 Å². The molecule has 1 atom stereocenters. The van der Waals surface area contributed by atoms with Gasteiger partial charge >= 0.3 is 5.97 Å². The van der Waals surface area contributed by atoms with Crippen LogP contribution in [-0.4, -0.2) is 47.8 Å². The molecule has 86 valence electrons. The Kier molecular flexibility index (Phi) is 4.51. The van der Waals surface area contributed by atoms with Crippen molar-refractivity contribution in [1.29, 1.82) is 0 Å². The van der Waals surface area contributed by atoms with Crippen LogP contribution < -0.4 is 10.6 Å². The average molecular weight is 216 g/mol. The molecule has 4 N–H and O–H groups in total. The summed E-state index contributed by atoms with van der Waals surface area (Å²) in [6.07, 6.45) is -0.0000451. The van der Waals surface area contributed by atoms with E-state index in [1.54, 1.807) is 0 Å². The van der Waals surface area contributed by atoms with Gasteiger partial charge in [0.1, 0.15) is 0 Å². The molecule has 1 aliphatic heterocycles. The fourth-order valence-corrected chi connectivity index (χ4v) is 1.51. The minimum atomic E-state index is -1.52. The molecule has 1 aliphatic rings. The quantitative estimate of drug-likeness (QED) is 0.461. The Morgan fingerprint density at radius 1 is 1.40 bits per heavy atom. The number of amides is 1. The van der Waals surface area contributed by atoms with Crippen LogP contribution in [0.5, 0.6) is 0 Å². The minimum Gasteiger partial charge on any atom is -0.479 e. The standard InChI is InChI=1S/C9H16N2O4/c12-7(9(14)15)5-11-8(13)6-1-3-10-4-2-6/h6-7,10,12H,1-5H2,(H,11,13)(H,14,15)/t7-/m0/s1. The van der Waals surface area contributed by atoms with E-state index in [0.717, 1.165) is 25.9 Å². The van der Waals surface area contributed by atoms with E-state index in [0.29, 0.717) is 0 Å². The van der Waals surface area contributed by atoms with Crippen LogP contribution in [-0.2, 0) is 9.59 Å². The minimum absolute atomic E-state index is 0.0627. The zero-order valence-electron chi connectivity index (χ0n) is 8.40. The summed E-state index contributed by atoms with van der Waals surface area (Å²) < 4.78 is 0. The molecule has 0 saturated carbocycles. The van der Waals surface area contributed by atoms with E-state index in [2.05, 4.69) is 10.6 Å². The maximum atomic E-state index is 11.5. The maximum Gasteiger partial charge on any atom is 0.334 e. The number of piperidine rings is 1. The van der Waals surface area contributed by atoms with Crippen molar-refractivity contribution >= 4 is 11.9 Å². The highest BCUT2D eigenvalue weighted by atomic mass is 16.4. The van der Waals surface area contributed by atoms with E-state index in [-0.39, 0.29) is 18.4 Å². The van der Waals surface area contributed by atoms with Gasteiger partial charge in [0, 0.05) is 5.92 Å². The molecule has 1 rings (SSSR count). The third-order valence-electron chi connectivity index (χ3n) is 2.46. The van der Waals surface area contributed by atoms with E-state index >= 15 is 0 Å². The molecular weight excluding hydrogens is 200 g/mol. The van der Waals surface area contributed by atoms with E-state index in [1.165, 1.54) is 0 Å². The number of carbonyl (C=O) groups excluding carboxylic acids is 1. The summed E-state index contributed by atoms with van der Waals surface area (Å²) in [5.74, 6) is -1.55. The van der Waals surface area contributed by atoms with E-state index < -0.39 is 12.1 Å². The lowest BCUT2D eigenvalue weighted by Gasteiger charge is -2.22. The molecule has 1 fully saturated rings. The second kappa shape index (κ2) is 5.67. The molecular formula is C9H16N2O4. The zero-order chi connectivity index (χ0) is 11.3. The molecule has 0 aromatic heterocycles. The van der Waals surface area contributed by atoms with Crippen molar-refractivity contribution in [3.05, 3.63) is 0 Å². The van der Waals surface area contributed by atoms with Crippen LogP contribution in [0.2, 0.25) is 0 Å². The summed E-state index contributed by atoms with van der Waals surface area (Å²) in [6, 6.07) is 0. The third-order valence-corrected chi connectivity index (χ3v) is 2.46. The second-order valence-electron chi connectivity index (χ2n) is 3.62. The first-order valence-electron chi connectivity index (χ1n) is 5.00. The summed E-state index contributed by atoms with van der Waals surface area (Å²) in [7, 11) is 0. The van der Waals surface area contributed by atoms with Crippen LogP contribution in [0.25, 0.3) is 0 Å². The Morgan fingerprint density at radius 2 is 2.00 bits per heavy atom. The molecule has 1 heterocycles. The Bertz CT molecular complexity index is 238. The van der Waals surface area contributed by atoms with E-state index in [1.807, 2.05) is 0 Å². The number of aliphatic hydroxyl groups excluding tert-OH is 1. The topological polar surface area (TPSA) is 98.7 Å². The number of nitrogens with one attached hydrogen (secondary N) is 2. The molecule has 0 aromatic rings. The van der Waals surface area contributed by atoms with Crippen molar-refractivity contribution < 1.29 is 19.8 Å². The van der Waals surface area contributed by atoms with Gasteiger partial charge < -0.3 is 20.8 Å². The van der Waals surface area contributed by atoms with Crippen LogP contribution in [0.15, 0.2) is 0 Å². The number of aliphatic hydroxyl groups is 1. The van der Waals surface area contributed by atoms with Crippen molar-refractivity contribution in [2.75, 3.05) is 19.6 Å². The Morgan fingerprint density at radius 3 is 2.53 bits per heavy atom. The highest BCUT2D eigenvalue weighted by Crippen LogP contribution is 2.10. The largest absolute Gasteiger partial charge is 0.479 e. The van der Waals surface area contributed by atoms with Gasteiger partial charge in [-0.25, -0.2) is 4.79 Å². The van der Waals surface area contributed by atoms with Crippen LogP contribution >= 0.6 is 0 Å². The summed E-state index contributed by atoms with van der Waals surface area (Å²) in [4.78, 5) is 21.8. The molecule has 1 saturated heterocycles. The van der Waals surface area contributed by atoms with Gasteiger partial charge in [-0.05, 0) is 25.9 Å². The molecule has 0 spiro atoms. The van der Waals surface area contributed by atoms with Gasteiger partial charge in [-0.3, -0.25) is 4.79 Å². The third kappa shape index (κ3) is 3.85. The van der Waals surface area contributed by atoms with E-state index in [9.17, 15) is 9.59 Å². The van der Waals surface area contributed by atoms with Crippen molar-refractivity contribution in [2.24, 2.45) is 5.92 Å². The molecule has 6 nitrogen and oxygen atoms in total. The summed E-state index contributed by atoms with van der Waals surface area (Å²) in [6.45, 7) is 1.39. The SMILES string of the molecule is O=C(NC[C@H](O)C(=O)O)C1CCNCC1. The lowest BCUT2D eigenvalue weighted by Crippen LogP contribution is -2.42. The lowest BCUT2D eigenvalue weighted by atomic mass is 9.97. The van der Waals surface area contributed by atoms with Crippen LogP contribution in [0.1, 0.15) is 12.8 Å². The fraction of sp³-hybridized carbons (Fsp3) is 0.778. The average Bonchev–Trinajstić information content (AvgIpc) is 2.26. The van der Waals surface area contributed by atoms with Gasteiger partial charge in [0.05, 0.1) is 6.54 Å². The summed E-state index contributed by atoms with van der Waals surface area (Å²) in [5, 5.41) is 22.9. The number of hydrogen-bond acceptors (Lipinski definition) is 4. The van der Waals surface area contributed by atoms with Crippen molar-refractivity contribution in [3.8, 4) is 0 Å². The van der Waals surface area contributed by atoms with Crippen LogP contribution in [0.3, 0.4) is 0 Å². The number of carbonyl (C=O) groups is 2. The number of carboxylic acid groups (broad SMARTS) is 1. The molecule has 0 aromatic carbocycles. The van der Waals surface area contributed by atoms with Gasteiger partial charge in [0.2, 0.25) is 5.91 Å². The smallest absolute Gasteiger partial charge is 0.334 e. The monoisotopic (exact) mass is 216 g/mol. The normalized spacial score (nSPS) is 19.5. The van der Waals surface area contributed by atoms with Crippen LogP contribution in [0, 0.1) is 5.92 Å². The molecule has 1 amide bonds. The van der Waals surface area contributed by atoms with Gasteiger partial charge in [0.25, 0.3) is 0 Å². The Labute approximate surface area is 87.7 Å². The number of rotatable bonds is 4. The molecule has 0 bridgehead atoms. The molecule has 0 aliphatic carbocycles. The first-order valence-corrected chi connectivity index (χ1v) is 5.00. The molecule has 0 unspecified atom stereocenters. The second-order valence-corrected chi connectivity index (χ2v) is 3.62. The lowest BCUT2D eigenvalue weighted by molar-refractivity contribution is -0.146. The highest BCUT2D eigenvalue weighted by Gasteiger charge is 2.22. The highest BCUT2D eigenvalue weighted by molar-refractivity contribution is 5.80. The Hall–Kier alpha value is -1.14. The maximum absolute atomic E-state index is 11.5. The van der Waals surface area contributed by atoms with Crippen molar-refractivity contribution in [3.63, 3.8) is 0 Å². The van der Waals surface area contributed by atoms with Gasteiger partial charge in [-0.15, -0.1) is 0 Å². The predicted molar refractivity (Wildman–Crippen MR) is 52.2 cm³/mol. The fourth-order valence-electron chi connectivity index (χ4n) is 1.51. The Balaban J connectivity index is 2.25. The molecule has 0 radical (unpaired) electrons. The number of aliphatic carboxylic acids is 1. The number of hydrogen-bond donors (Lipinski definition) is 4. The molecule has 15 heavy (non-hydrogen) atoms. The first-order chi connectivity index (χ1) is 7.11. The molecule has 6 heteroatoms. The van der Waals surface area contributed by atoms with Crippen LogP contribution in [0.4, 0.5) is 0 Å². The zero-order valence-corrected chi connectivity index (χ0v) is 8.40. The number of carboxylic acids is 1. The van der Waals surface area contributed by atoms with Crippen molar-refractivity contribution in [2.45, 2.75) is 18.9 Å². The predicted octanol–water partition coefficient (Wildman–Crippen LogP) is -1.45. The summed E-state index contributed by atoms with van der Waals surface area (Å²) in [5.41, 5.74) is 0. The summed E-state index contributed by atoms with van der Waals surface area (Å²) >= 11 is 0. The van der Waals surface area contributed by atoms with Gasteiger partial charge in [-0.1, -0.05) is 0 Å². The van der Waals surface area contributed by atoms with Gasteiger partial charge in [0.15, 0.2) is 6.10 Å².